The van der Waals surface area contributed by atoms with Crippen molar-refractivity contribution in [2.75, 3.05) is 0 Å². The Morgan fingerprint density at radius 1 is 1.36 bits per heavy atom. The van der Waals surface area contributed by atoms with Crippen molar-refractivity contribution in [3.8, 4) is 0 Å². The molecule has 0 spiro atoms. The second-order valence-corrected chi connectivity index (χ2v) is 4.67. The van der Waals surface area contributed by atoms with Crippen molar-refractivity contribution < 1.29 is 5.11 Å². The molecule has 0 amide bonds. The molecule has 0 saturated heterocycles. The van der Waals surface area contributed by atoms with Gasteiger partial charge >= 0.3 is 0 Å². The molecule has 1 aromatic rings. The number of hydrogen-bond donors (Lipinski definition) is 1. The van der Waals surface area contributed by atoms with Crippen molar-refractivity contribution in [3.05, 3.63) is 34.3 Å². The van der Waals surface area contributed by atoms with Crippen LogP contribution in [0.15, 0.2) is 18.2 Å². The summed E-state index contributed by atoms with van der Waals surface area (Å²) in [6.07, 6.45) is 0. The second kappa shape index (κ2) is 3.92. The standard InChI is InChI=1S/C12H17ClO/c1-8(2)12(4,14)10-6-5-9(3)11(13)7-10/h5-8,14H,1-4H3/t12-/m1/s1. The molecule has 0 bridgehead atoms. The monoisotopic (exact) mass is 212 g/mol. The van der Waals surface area contributed by atoms with E-state index in [0.717, 1.165) is 11.1 Å². The normalized spacial score (nSPS) is 15.6. The van der Waals surface area contributed by atoms with Crippen LogP contribution in [0.25, 0.3) is 0 Å². The highest BCUT2D eigenvalue weighted by Gasteiger charge is 2.27. The van der Waals surface area contributed by atoms with Gasteiger partial charge in [0.1, 0.15) is 0 Å². The van der Waals surface area contributed by atoms with E-state index in [1.54, 1.807) is 0 Å². The van der Waals surface area contributed by atoms with Crippen molar-refractivity contribution >= 4 is 11.6 Å². The maximum absolute atomic E-state index is 10.2. The predicted molar refractivity (Wildman–Crippen MR) is 60.6 cm³/mol. The fourth-order valence-electron chi connectivity index (χ4n) is 1.24. The largest absolute Gasteiger partial charge is 0.385 e. The first-order chi connectivity index (χ1) is 6.35. The van der Waals surface area contributed by atoms with Crippen molar-refractivity contribution in [3.63, 3.8) is 0 Å². The number of rotatable bonds is 2. The van der Waals surface area contributed by atoms with Crippen molar-refractivity contribution in [2.24, 2.45) is 5.92 Å². The summed E-state index contributed by atoms with van der Waals surface area (Å²) in [5, 5.41) is 10.9. The van der Waals surface area contributed by atoms with Gasteiger partial charge in [-0.15, -0.1) is 0 Å². The van der Waals surface area contributed by atoms with Crippen LogP contribution in [0, 0.1) is 12.8 Å². The summed E-state index contributed by atoms with van der Waals surface area (Å²) in [7, 11) is 0. The Kier molecular flexibility index (Phi) is 3.23. The Morgan fingerprint density at radius 2 is 1.93 bits per heavy atom. The summed E-state index contributed by atoms with van der Waals surface area (Å²) in [5.41, 5.74) is 1.11. The molecule has 1 aromatic carbocycles. The molecule has 1 rings (SSSR count). The van der Waals surface area contributed by atoms with E-state index in [4.69, 9.17) is 11.6 Å². The first-order valence-electron chi connectivity index (χ1n) is 4.84. The van der Waals surface area contributed by atoms with Crippen LogP contribution in [0.5, 0.6) is 0 Å². The Labute approximate surface area is 90.7 Å². The van der Waals surface area contributed by atoms with Gasteiger partial charge < -0.3 is 5.11 Å². The third-order valence-electron chi connectivity index (χ3n) is 2.88. The average Bonchev–Trinajstić information content (AvgIpc) is 2.09. The summed E-state index contributed by atoms with van der Waals surface area (Å²) in [6, 6.07) is 5.71. The van der Waals surface area contributed by atoms with Gasteiger partial charge in [-0.3, -0.25) is 0 Å². The third kappa shape index (κ3) is 2.10. The van der Waals surface area contributed by atoms with E-state index in [1.807, 2.05) is 45.9 Å². The van der Waals surface area contributed by atoms with Gasteiger partial charge in [-0.25, -0.2) is 0 Å². The van der Waals surface area contributed by atoms with Crippen LogP contribution < -0.4 is 0 Å². The molecular formula is C12H17ClO. The van der Waals surface area contributed by atoms with Gasteiger partial charge in [-0.05, 0) is 37.0 Å². The van der Waals surface area contributed by atoms with Gasteiger partial charge in [0.25, 0.3) is 0 Å². The van der Waals surface area contributed by atoms with Crippen molar-refractivity contribution in [1.82, 2.24) is 0 Å². The van der Waals surface area contributed by atoms with Crippen LogP contribution in [0.1, 0.15) is 31.9 Å². The first-order valence-corrected chi connectivity index (χ1v) is 5.22. The fraction of sp³-hybridized carbons (Fsp3) is 0.500. The molecule has 0 unspecified atom stereocenters. The van der Waals surface area contributed by atoms with Crippen LogP contribution in [0.2, 0.25) is 5.02 Å². The summed E-state index contributed by atoms with van der Waals surface area (Å²) < 4.78 is 0. The van der Waals surface area contributed by atoms with E-state index in [2.05, 4.69) is 0 Å². The highest BCUT2D eigenvalue weighted by atomic mass is 35.5. The maximum Gasteiger partial charge on any atom is 0.0891 e. The van der Waals surface area contributed by atoms with E-state index in [0.29, 0.717) is 5.02 Å². The molecule has 0 aliphatic carbocycles. The fourth-order valence-corrected chi connectivity index (χ4v) is 1.42. The molecule has 0 aliphatic heterocycles. The lowest BCUT2D eigenvalue weighted by atomic mass is 9.85. The predicted octanol–water partition coefficient (Wildman–Crippen LogP) is 3.51. The SMILES string of the molecule is Cc1ccc([C@](C)(O)C(C)C)cc1Cl. The third-order valence-corrected chi connectivity index (χ3v) is 3.29. The molecule has 78 valence electrons. The number of halogens is 1. The highest BCUT2D eigenvalue weighted by molar-refractivity contribution is 6.31. The zero-order valence-electron chi connectivity index (χ0n) is 9.13. The minimum Gasteiger partial charge on any atom is -0.385 e. The summed E-state index contributed by atoms with van der Waals surface area (Å²) in [4.78, 5) is 0. The van der Waals surface area contributed by atoms with Crippen LogP contribution in [-0.4, -0.2) is 5.11 Å². The molecule has 0 fully saturated rings. The topological polar surface area (TPSA) is 20.2 Å². The van der Waals surface area contributed by atoms with Crippen molar-refractivity contribution in [2.45, 2.75) is 33.3 Å². The maximum atomic E-state index is 10.2. The first kappa shape index (κ1) is 11.5. The Balaban J connectivity index is 3.14. The van der Waals surface area contributed by atoms with E-state index in [-0.39, 0.29) is 5.92 Å². The zero-order valence-corrected chi connectivity index (χ0v) is 9.89. The molecule has 0 saturated carbocycles. The molecule has 14 heavy (non-hydrogen) atoms. The minimum absolute atomic E-state index is 0.168. The summed E-state index contributed by atoms with van der Waals surface area (Å²) >= 11 is 6.01. The van der Waals surface area contributed by atoms with Gasteiger partial charge in [0.15, 0.2) is 0 Å². The van der Waals surface area contributed by atoms with Gasteiger partial charge in [0, 0.05) is 5.02 Å². The zero-order chi connectivity index (χ0) is 10.9. The number of benzene rings is 1. The minimum atomic E-state index is -0.808. The molecule has 0 aromatic heterocycles. The molecule has 0 aliphatic rings. The lowest BCUT2D eigenvalue weighted by molar-refractivity contribution is 0.00905. The van der Waals surface area contributed by atoms with E-state index in [9.17, 15) is 5.11 Å². The van der Waals surface area contributed by atoms with Crippen LogP contribution in [-0.2, 0) is 5.60 Å². The number of aliphatic hydroxyl groups is 1. The highest BCUT2D eigenvalue weighted by Crippen LogP contribution is 2.31. The molecule has 1 N–H and O–H groups in total. The Bertz CT molecular complexity index is 329. The van der Waals surface area contributed by atoms with Gasteiger partial charge in [0.05, 0.1) is 5.60 Å². The molecular weight excluding hydrogens is 196 g/mol. The average molecular weight is 213 g/mol. The van der Waals surface area contributed by atoms with E-state index >= 15 is 0 Å². The number of hydrogen-bond acceptors (Lipinski definition) is 1. The second-order valence-electron chi connectivity index (χ2n) is 4.27. The van der Waals surface area contributed by atoms with Crippen LogP contribution in [0.3, 0.4) is 0 Å². The smallest absolute Gasteiger partial charge is 0.0891 e. The molecule has 0 radical (unpaired) electrons. The van der Waals surface area contributed by atoms with Gasteiger partial charge in [-0.1, -0.05) is 37.6 Å². The van der Waals surface area contributed by atoms with Gasteiger partial charge in [0.2, 0.25) is 0 Å². The van der Waals surface area contributed by atoms with E-state index < -0.39 is 5.60 Å². The molecule has 1 atom stereocenters. The molecule has 2 heteroatoms. The van der Waals surface area contributed by atoms with Crippen LogP contribution >= 0.6 is 11.6 Å². The molecule has 0 heterocycles. The summed E-state index contributed by atoms with van der Waals surface area (Å²) in [5.74, 6) is 0.168. The lowest BCUT2D eigenvalue weighted by Crippen LogP contribution is -2.27. The number of aryl methyl sites for hydroxylation is 1. The quantitative estimate of drug-likeness (QED) is 0.796. The van der Waals surface area contributed by atoms with E-state index in [1.165, 1.54) is 0 Å². The Hall–Kier alpha value is -0.530. The Morgan fingerprint density at radius 3 is 2.36 bits per heavy atom. The van der Waals surface area contributed by atoms with Crippen LogP contribution in [0.4, 0.5) is 0 Å². The van der Waals surface area contributed by atoms with Crippen molar-refractivity contribution in [1.29, 1.82) is 0 Å². The lowest BCUT2D eigenvalue weighted by Gasteiger charge is -2.28. The molecule has 1 nitrogen and oxygen atoms in total. The van der Waals surface area contributed by atoms with Gasteiger partial charge in [-0.2, -0.15) is 0 Å². The summed E-state index contributed by atoms with van der Waals surface area (Å²) in [6.45, 7) is 7.76.